The highest BCUT2D eigenvalue weighted by Crippen LogP contribution is 2.22. The summed E-state index contributed by atoms with van der Waals surface area (Å²) < 4.78 is 0. The van der Waals surface area contributed by atoms with Gasteiger partial charge in [0.2, 0.25) is 0 Å². The molecule has 1 aromatic heterocycles. The maximum absolute atomic E-state index is 11.4. The zero-order valence-corrected chi connectivity index (χ0v) is 11.4. The molecule has 0 fully saturated rings. The van der Waals surface area contributed by atoms with Crippen molar-refractivity contribution in [1.29, 1.82) is 0 Å². The largest absolute Gasteiger partial charge is 0.294 e. The van der Waals surface area contributed by atoms with E-state index in [1.807, 2.05) is 25.1 Å². The molecule has 0 unspecified atom stereocenters. The zero-order valence-electron chi connectivity index (χ0n) is 11.4. The fourth-order valence-corrected chi connectivity index (χ4v) is 2.28. The molecule has 3 rings (SSSR count). The standard InChI is InChI=1S/C17H14N2O/c1-11-16(12(2)20)10-18-17(19-11)15-8-7-13-5-3-4-6-14(13)9-15/h3-10H,1-2H3. The average molecular weight is 262 g/mol. The van der Waals surface area contributed by atoms with Crippen molar-refractivity contribution in [3.8, 4) is 11.4 Å². The molecule has 0 radical (unpaired) electrons. The van der Waals surface area contributed by atoms with Gasteiger partial charge in [-0.2, -0.15) is 0 Å². The summed E-state index contributed by atoms with van der Waals surface area (Å²) in [5.41, 5.74) is 2.26. The summed E-state index contributed by atoms with van der Waals surface area (Å²) in [4.78, 5) is 20.2. The summed E-state index contributed by atoms with van der Waals surface area (Å²) in [6.07, 6.45) is 1.61. The first kappa shape index (κ1) is 12.5. The predicted molar refractivity (Wildman–Crippen MR) is 79.7 cm³/mol. The molecule has 3 heteroatoms. The van der Waals surface area contributed by atoms with Gasteiger partial charge in [-0.3, -0.25) is 4.79 Å². The Balaban J connectivity index is 2.11. The van der Waals surface area contributed by atoms with Crippen LogP contribution in [0.15, 0.2) is 48.7 Å². The fourth-order valence-electron chi connectivity index (χ4n) is 2.28. The molecule has 0 saturated carbocycles. The van der Waals surface area contributed by atoms with Crippen molar-refractivity contribution >= 4 is 16.6 Å². The third-order valence-corrected chi connectivity index (χ3v) is 3.37. The number of hydrogen-bond donors (Lipinski definition) is 0. The Morgan fingerprint density at radius 2 is 1.80 bits per heavy atom. The number of Topliss-reactive ketones (excluding diaryl/α,β-unsaturated/α-hetero) is 1. The van der Waals surface area contributed by atoms with Crippen LogP contribution >= 0.6 is 0 Å². The maximum Gasteiger partial charge on any atom is 0.163 e. The number of hydrogen-bond acceptors (Lipinski definition) is 3. The number of rotatable bonds is 2. The Labute approximate surface area is 117 Å². The lowest BCUT2D eigenvalue weighted by atomic mass is 10.1. The monoisotopic (exact) mass is 262 g/mol. The first-order valence-corrected chi connectivity index (χ1v) is 6.49. The Hall–Kier alpha value is -2.55. The number of fused-ring (bicyclic) bond motifs is 1. The molecule has 1 heterocycles. The van der Waals surface area contributed by atoms with E-state index in [9.17, 15) is 4.79 Å². The van der Waals surface area contributed by atoms with Gasteiger partial charge in [0.15, 0.2) is 11.6 Å². The summed E-state index contributed by atoms with van der Waals surface area (Å²) in [5, 5.41) is 2.34. The van der Waals surface area contributed by atoms with Gasteiger partial charge in [-0.25, -0.2) is 9.97 Å². The molecule has 0 aliphatic carbocycles. The quantitative estimate of drug-likeness (QED) is 0.659. The van der Waals surface area contributed by atoms with E-state index in [4.69, 9.17) is 0 Å². The van der Waals surface area contributed by atoms with Gasteiger partial charge in [0.1, 0.15) is 0 Å². The number of benzene rings is 2. The van der Waals surface area contributed by atoms with Crippen LogP contribution in [0.1, 0.15) is 23.0 Å². The number of aromatic nitrogens is 2. The summed E-state index contributed by atoms with van der Waals surface area (Å²) in [6.45, 7) is 3.37. The second-order valence-corrected chi connectivity index (χ2v) is 4.81. The highest BCUT2D eigenvalue weighted by molar-refractivity contribution is 5.95. The lowest BCUT2D eigenvalue weighted by Gasteiger charge is -2.06. The van der Waals surface area contributed by atoms with Gasteiger partial charge in [0.25, 0.3) is 0 Å². The minimum atomic E-state index is -0.00689. The Kier molecular flexibility index (Phi) is 3.03. The van der Waals surface area contributed by atoms with Crippen molar-refractivity contribution in [3.05, 3.63) is 59.9 Å². The van der Waals surface area contributed by atoms with Crippen molar-refractivity contribution in [2.24, 2.45) is 0 Å². The van der Waals surface area contributed by atoms with E-state index in [2.05, 4.69) is 34.2 Å². The second-order valence-electron chi connectivity index (χ2n) is 4.81. The molecule has 2 aromatic carbocycles. The highest BCUT2D eigenvalue weighted by atomic mass is 16.1. The van der Waals surface area contributed by atoms with Gasteiger partial charge in [0.05, 0.1) is 11.3 Å². The van der Waals surface area contributed by atoms with E-state index >= 15 is 0 Å². The predicted octanol–water partition coefficient (Wildman–Crippen LogP) is 3.81. The zero-order chi connectivity index (χ0) is 14.1. The lowest BCUT2D eigenvalue weighted by molar-refractivity contribution is 0.101. The van der Waals surface area contributed by atoms with E-state index in [1.54, 1.807) is 6.20 Å². The van der Waals surface area contributed by atoms with Crippen LogP contribution in [0, 0.1) is 6.92 Å². The van der Waals surface area contributed by atoms with Gasteiger partial charge in [-0.1, -0.05) is 36.4 Å². The van der Waals surface area contributed by atoms with E-state index in [1.165, 1.54) is 12.3 Å². The minimum absolute atomic E-state index is 0.00689. The Bertz CT molecular complexity index is 809. The highest BCUT2D eigenvalue weighted by Gasteiger charge is 2.09. The SMILES string of the molecule is CC(=O)c1cnc(-c2ccc3ccccc3c2)nc1C. The van der Waals surface area contributed by atoms with Gasteiger partial charge >= 0.3 is 0 Å². The molecule has 0 amide bonds. The van der Waals surface area contributed by atoms with E-state index in [0.29, 0.717) is 11.4 Å². The van der Waals surface area contributed by atoms with Gasteiger partial charge in [-0.15, -0.1) is 0 Å². The number of carbonyl (C=O) groups excluding carboxylic acids is 1. The van der Waals surface area contributed by atoms with Crippen LogP contribution in [0.5, 0.6) is 0 Å². The third-order valence-electron chi connectivity index (χ3n) is 3.37. The molecule has 0 aliphatic heterocycles. The number of aryl methyl sites for hydroxylation is 1. The molecule has 98 valence electrons. The first-order valence-electron chi connectivity index (χ1n) is 6.49. The van der Waals surface area contributed by atoms with Crippen LogP contribution in [-0.4, -0.2) is 15.8 Å². The number of nitrogens with zero attached hydrogens (tertiary/aromatic N) is 2. The van der Waals surface area contributed by atoms with Crippen LogP contribution in [0.25, 0.3) is 22.2 Å². The normalized spacial score (nSPS) is 10.7. The molecule has 20 heavy (non-hydrogen) atoms. The van der Waals surface area contributed by atoms with Crippen LogP contribution in [-0.2, 0) is 0 Å². The summed E-state index contributed by atoms with van der Waals surface area (Å²) >= 11 is 0. The minimum Gasteiger partial charge on any atom is -0.294 e. The van der Waals surface area contributed by atoms with Crippen LogP contribution < -0.4 is 0 Å². The Morgan fingerprint density at radius 3 is 2.50 bits per heavy atom. The second kappa shape index (κ2) is 4.85. The maximum atomic E-state index is 11.4. The summed E-state index contributed by atoms with van der Waals surface area (Å²) in [7, 11) is 0. The summed E-state index contributed by atoms with van der Waals surface area (Å²) in [5.74, 6) is 0.644. The van der Waals surface area contributed by atoms with Crippen molar-refractivity contribution in [3.63, 3.8) is 0 Å². The van der Waals surface area contributed by atoms with Gasteiger partial charge in [-0.05, 0) is 30.7 Å². The smallest absolute Gasteiger partial charge is 0.163 e. The van der Waals surface area contributed by atoms with E-state index in [0.717, 1.165) is 16.6 Å². The number of carbonyl (C=O) groups is 1. The average Bonchev–Trinajstić information content (AvgIpc) is 2.46. The first-order chi connectivity index (χ1) is 9.65. The summed E-state index contributed by atoms with van der Waals surface area (Å²) in [6, 6.07) is 14.3. The van der Waals surface area contributed by atoms with Crippen molar-refractivity contribution in [2.75, 3.05) is 0 Å². The van der Waals surface area contributed by atoms with Crippen molar-refractivity contribution in [2.45, 2.75) is 13.8 Å². The van der Waals surface area contributed by atoms with E-state index < -0.39 is 0 Å². The van der Waals surface area contributed by atoms with Crippen molar-refractivity contribution < 1.29 is 4.79 Å². The molecule has 3 nitrogen and oxygen atoms in total. The van der Waals surface area contributed by atoms with Crippen molar-refractivity contribution in [1.82, 2.24) is 9.97 Å². The molecular formula is C17H14N2O. The third kappa shape index (κ3) is 2.18. The molecule has 3 aromatic rings. The molecule has 0 aliphatic rings. The number of ketones is 1. The van der Waals surface area contributed by atoms with Gasteiger partial charge < -0.3 is 0 Å². The fraction of sp³-hybridized carbons (Fsp3) is 0.118. The molecular weight excluding hydrogens is 248 g/mol. The Morgan fingerprint density at radius 1 is 1.05 bits per heavy atom. The lowest BCUT2D eigenvalue weighted by Crippen LogP contribution is -2.02. The topological polar surface area (TPSA) is 42.9 Å². The van der Waals surface area contributed by atoms with Gasteiger partial charge in [0, 0.05) is 11.8 Å². The molecule has 0 atom stereocenters. The molecule has 0 bridgehead atoms. The van der Waals surface area contributed by atoms with Crippen LogP contribution in [0.2, 0.25) is 0 Å². The molecule has 0 spiro atoms. The van der Waals surface area contributed by atoms with Crippen LogP contribution in [0.4, 0.5) is 0 Å². The molecule has 0 saturated heterocycles. The van der Waals surface area contributed by atoms with E-state index in [-0.39, 0.29) is 5.78 Å². The molecule has 0 N–H and O–H groups in total. The van der Waals surface area contributed by atoms with Crippen LogP contribution in [0.3, 0.4) is 0 Å².